The lowest BCUT2D eigenvalue weighted by atomic mass is 10.1. The van der Waals surface area contributed by atoms with Crippen molar-refractivity contribution in [3.63, 3.8) is 0 Å². The van der Waals surface area contributed by atoms with Crippen LogP contribution in [0, 0.1) is 0 Å². The smallest absolute Gasteiger partial charge is 0.340 e. The highest BCUT2D eigenvalue weighted by molar-refractivity contribution is 7.16. The molecule has 2 aromatic carbocycles. The van der Waals surface area contributed by atoms with Crippen molar-refractivity contribution >= 4 is 33.9 Å². The molecule has 174 valence electrons. The summed E-state index contributed by atoms with van der Waals surface area (Å²) in [7, 11) is 1.54. The molecule has 0 aliphatic carbocycles. The molecule has 0 bridgehead atoms. The zero-order chi connectivity index (χ0) is 24.1. The Balaban J connectivity index is 1.47. The van der Waals surface area contributed by atoms with Crippen LogP contribution < -0.4 is 15.6 Å². The molecule has 0 saturated carbocycles. The Morgan fingerprint density at radius 2 is 1.88 bits per heavy atom. The summed E-state index contributed by atoms with van der Waals surface area (Å²) in [6, 6.07) is 14.4. The maximum absolute atomic E-state index is 12.8. The molecular formula is C24H22N4O5S. The number of carbonyl (C=O) groups is 2. The summed E-state index contributed by atoms with van der Waals surface area (Å²) < 4.78 is 11.8. The third kappa shape index (κ3) is 5.12. The number of hydrogen-bond donors (Lipinski definition) is 1. The molecule has 4 rings (SSSR count). The van der Waals surface area contributed by atoms with Crippen LogP contribution in [-0.2, 0) is 17.8 Å². The van der Waals surface area contributed by atoms with Gasteiger partial charge in [-0.15, -0.1) is 0 Å². The van der Waals surface area contributed by atoms with Crippen molar-refractivity contribution < 1.29 is 19.1 Å². The Labute approximate surface area is 199 Å². The Morgan fingerprint density at radius 1 is 1.12 bits per heavy atom. The number of ether oxygens (including phenoxy) is 2. The van der Waals surface area contributed by atoms with Crippen molar-refractivity contribution in [3.8, 4) is 5.75 Å². The van der Waals surface area contributed by atoms with Crippen LogP contribution in [0.15, 0.2) is 59.4 Å². The van der Waals surface area contributed by atoms with E-state index in [4.69, 9.17) is 9.47 Å². The van der Waals surface area contributed by atoms with Gasteiger partial charge in [-0.1, -0.05) is 30.4 Å². The predicted octanol–water partition coefficient (Wildman–Crippen LogP) is 3.72. The molecule has 0 aliphatic rings. The number of methoxy groups -OCH3 is 1. The van der Waals surface area contributed by atoms with E-state index >= 15 is 0 Å². The number of aromatic nitrogens is 3. The summed E-state index contributed by atoms with van der Waals surface area (Å²) in [5.74, 6) is -0.397. The lowest BCUT2D eigenvalue weighted by Crippen LogP contribution is -2.18. The normalized spacial score (nSPS) is 10.8. The van der Waals surface area contributed by atoms with Gasteiger partial charge in [-0.05, 0) is 42.8 Å². The number of benzene rings is 2. The molecule has 9 nitrogen and oxygen atoms in total. The van der Waals surface area contributed by atoms with Gasteiger partial charge in [0.15, 0.2) is 0 Å². The molecule has 1 amide bonds. The molecule has 0 unspecified atom stereocenters. The average molecular weight is 479 g/mol. The first kappa shape index (κ1) is 23.1. The van der Waals surface area contributed by atoms with E-state index in [2.05, 4.69) is 15.4 Å². The number of rotatable bonds is 8. The van der Waals surface area contributed by atoms with Crippen LogP contribution in [0.5, 0.6) is 5.75 Å². The van der Waals surface area contributed by atoms with Crippen LogP contribution in [0.3, 0.4) is 0 Å². The molecule has 2 heterocycles. The first-order chi connectivity index (χ1) is 16.5. The molecule has 4 aromatic rings. The van der Waals surface area contributed by atoms with E-state index in [0.717, 1.165) is 17.8 Å². The van der Waals surface area contributed by atoms with Gasteiger partial charge in [-0.3, -0.25) is 9.59 Å². The lowest BCUT2D eigenvalue weighted by molar-refractivity contribution is 0.0469. The molecule has 10 heteroatoms. The molecule has 0 spiro atoms. The predicted molar refractivity (Wildman–Crippen MR) is 128 cm³/mol. The third-order valence-corrected chi connectivity index (χ3v) is 5.87. The first-order valence-corrected chi connectivity index (χ1v) is 11.4. The van der Waals surface area contributed by atoms with Gasteiger partial charge in [-0.25, -0.2) is 9.78 Å². The Bertz CT molecular complexity index is 1390. The Morgan fingerprint density at radius 3 is 2.62 bits per heavy atom. The highest BCUT2D eigenvalue weighted by atomic mass is 32.1. The molecule has 0 fully saturated rings. The Kier molecular flexibility index (Phi) is 6.98. The van der Waals surface area contributed by atoms with Gasteiger partial charge in [-0.2, -0.15) is 9.61 Å². The number of amides is 1. The van der Waals surface area contributed by atoms with Gasteiger partial charge < -0.3 is 14.8 Å². The van der Waals surface area contributed by atoms with E-state index < -0.39 is 5.97 Å². The van der Waals surface area contributed by atoms with Crippen LogP contribution >= 0.6 is 11.3 Å². The van der Waals surface area contributed by atoms with Crippen molar-refractivity contribution in [3.05, 3.63) is 86.8 Å². The van der Waals surface area contributed by atoms with Crippen LogP contribution in [-0.4, -0.2) is 33.6 Å². The average Bonchev–Trinajstić information content (AvgIpc) is 3.26. The van der Waals surface area contributed by atoms with Crippen molar-refractivity contribution in [1.82, 2.24) is 14.6 Å². The number of para-hydroxylation sites is 1. The van der Waals surface area contributed by atoms with E-state index in [0.29, 0.717) is 27.7 Å². The van der Waals surface area contributed by atoms with Gasteiger partial charge in [0.2, 0.25) is 4.96 Å². The SMILES string of the molecule is CCCc1nn2c(=O)cc(COC(=O)c3ccccc3NC(=O)c3ccc(OC)cc3)nc2s1. The van der Waals surface area contributed by atoms with Gasteiger partial charge in [0, 0.05) is 18.1 Å². The van der Waals surface area contributed by atoms with Gasteiger partial charge >= 0.3 is 5.97 Å². The van der Waals surface area contributed by atoms with E-state index in [1.54, 1.807) is 55.6 Å². The zero-order valence-corrected chi connectivity index (χ0v) is 19.4. The molecule has 1 N–H and O–H groups in total. The van der Waals surface area contributed by atoms with E-state index in [-0.39, 0.29) is 23.6 Å². The van der Waals surface area contributed by atoms with Crippen LogP contribution in [0.1, 0.15) is 44.8 Å². The number of nitrogens with one attached hydrogen (secondary N) is 1. The summed E-state index contributed by atoms with van der Waals surface area (Å²) in [5.41, 5.74) is 0.897. The van der Waals surface area contributed by atoms with Crippen molar-refractivity contribution in [2.45, 2.75) is 26.4 Å². The summed E-state index contributed by atoms with van der Waals surface area (Å²) in [6.07, 6.45) is 1.67. The number of aryl methyl sites for hydroxylation is 1. The van der Waals surface area contributed by atoms with E-state index in [9.17, 15) is 14.4 Å². The minimum absolute atomic E-state index is 0.185. The van der Waals surface area contributed by atoms with Crippen molar-refractivity contribution in [1.29, 1.82) is 0 Å². The molecule has 2 aromatic heterocycles. The molecule has 34 heavy (non-hydrogen) atoms. The van der Waals surface area contributed by atoms with E-state index in [1.807, 2.05) is 6.92 Å². The third-order valence-electron chi connectivity index (χ3n) is 4.90. The fourth-order valence-corrected chi connectivity index (χ4v) is 4.23. The largest absolute Gasteiger partial charge is 0.497 e. The molecule has 0 radical (unpaired) electrons. The molecule has 0 aliphatic heterocycles. The number of carbonyl (C=O) groups excluding carboxylic acids is 2. The van der Waals surface area contributed by atoms with Gasteiger partial charge in [0.25, 0.3) is 11.5 Å². The number of anilines is 1. The number of fused-ring (bicyclic) bond motifs is 1. The van der Waals surface area contributed by atoms with Crippen molar-refractivity contribution in [2.24, 2.45) is 0 Å². The second-order valence-electron chi connectivity index (χ2n) is 7.33. The molecule has 0 atom stereocenters. The summed E-state index contributed by atoms with van der Waals surface area (Å²) in [6.45, 7) is 1.84. The zero-order valence-electron chi connectivity index (χ0n) is 18.6. The quantitative estimate of drug-likeness (QED) is 0.384. The number of hydrogen-bond acceptors (Lipinski definition) is 8. The number of esters is 1. The summed E-state index contributed by atoms with van der Waals surface area (Å²) >= 11 is 1.34. The minimum Gasteiger partial charge on any atom is -0.497 e. The van der Waals surface area contributed by atoms with Gasteiger partial charge in [0.05, 0.1) is 24.1 Å². The first-order valence-electron chi connectivity index (χ1n) is 10.6. The molecule has 0 saturated heterocycles. The van der Waals surface area contributed by atoms with Crippen LogP contribution in [0.2, 0.25) is 0 Å². The van der Waals surface area contributed by atoms with Gasteiger partial charge in [0.1, 0.15) is 17.4 Å². The van der Waals surface area contributed by atoms with Crippen molar-refractivity contribution in [2.75, 3.05) is 12.4 Å². The fourth-order valence-electron chi connectivity index (χ4n) is 3.21. The minimum atomic E-state index is -0.649. The highest BCUT2D eigenvalue weighted by Crippen LogP contribution is 2.19. The second kappa shape index (κ2) is 10.3. The number of nitrogens with zero attached hydrogens (tertiary/aromatic N) is 3. The van der Waals surface area contributed by atoms with E-state index in [1.165, 1.54) is 21.9 Å². The van der Waals surface area contributed by atoms with Crippen LogP contribution in [0.25, 0.3) is 4.96 Å². The van der Waals surface area contributed by atoms with Crippen LogP contribution in [0.4, 0.5) is 5.69 Å². The standard InChI is InChI=1S/C24H22N4O5S/c1-3-6-20-27-28-21(29)13-16(25-24(28)34-20)14-33-23(31)18-7-4-5-8-19(18)26-22(30)15-9-11-17(32-2)12-10-15/h4-5,7-13H,3,6,14H2,1-2H3,(H,26,30). The highest BCUT2D eigenvalue weighted by Gasteiger charge is 2.17. The maximum Gasteiger partial charge on any atom is 0.340 e. The Hall–Kier alpha value is -4.05. The second-order valence-corrected chi connectivity index (χ2v) is 8.37. The summed E-state index contributed by atoms with van der Waals surface area (Å²) in [5, 5.41) is 7.82. The fraction of sp³-hybridized carbons (Fsp3) is 0.208. The topological polar surface area (TPSA) is 112 Å². The lowest BCUT2D eigenvalue weighted by Gasteiger charge is -2.11. The molecular weight excluding hydrogens is 456 g/mol. The monoisotopic (exact) mass is 478 g/mol. The summed E-state index contributed by atoms with van der Waals surface area (Å²) in [4.78, 5) is 42.6. The maximum atomic E-state index is 12.8.